The molecule has 1 amide bonds. The van der Waals surface area contributed by atoms with Crippen molar-refractivity contribution in [2.75, 3.05) is 12.8 Å². The van der Waals surface area contributed by atoms with Gasteiger partial charge in [-0.15, -0.1) is 0 Å². The van der Waals surface area contributed by atoms with Crippen LogP contribution in [0.2, 0.25) is 0 Å². The molecule has 2 N–H and O–H groups in total. The van der Waals surface area contributed by atoms with Crippen LogP contribution in [0.3, 0.4) is 0 Å². The van der Waals surface area contributed by atoms with Crippen LogP contribution in [0.4, 0.5) is 0 Å². The highest BCUT2D eigenvalue weighted by Crippen LogP contribution is 2.59. The van der Waals surface area contributed by atoms with Gasteiger partial charge in [0.2, 0.25) is 5.91 Å². The monoisotopic (exact) mass is 375 g/mol. The van der Waals surface area contributed by atoms with E-state index in [4.69, 9.17) is 0 Å². The van der Waals surface area contributed by atoms with E-state index in [1.807, 2.05) is 13.2 Å². The number of H-pyrrole nitrogens is 1. The van der Waals surface area contributed by atoms with E-state index >= 15 is 0 Å². The number of carbonyl (C=O) groups is 1. The van der Waals surface area contributed by atoms with E-state index in [0.29, 0.717) is 29.0 Å². The minimum atomic E-state index is -0.115. The summed E-state index contributed by atoms with van der Waals surface area (Å²) in [6.07, 6.45) is 10.9. The van der Waals surface area contributed by atoms with E-state index < -0.39 is 0 Å². The van der Waals surface area contributed by atoms with Gasteiger partial charge < -0.3 is 10.3 Å². The number of aromatic nitrogens is 2. The lowest BCUT2D eigenvalue weighted by Crippen LogP contribution is -2.51. The number of hydrogen-bond acceptors (Lipinski definition) is 4. The number of thioether (sulfide) groups is 1. The molecule has 5 nitrogen and oxygen atoms in total. The van der Waals surface area contributed by atoms with Crippen LogP contribution in [0.25, 0.3) is 0 Å². The Bertz CT molecular complexity index is 723. The Morgan fingerprint density at radius 3 is 2.38 bits per heavy atom. The molecule has 142 valence electrons. The van der Waals surface area contributed by atoms with E-state index in [2.05, 4.69) is 15.3 Å². The molecule has 0 saturated heterocycles. The van der Waals surface area contributed by atoms with Crippen LogP contribution in [-0.2, 0) is 11.2 Å². The maximum Gasteiger partial charge on any atom is 0.254 e. The number of nitrogens with zero attached hydrogens (tertiary/aromatic N) is 1. The molecule has 4 aliphatic carbocycles. The molecule has 4 saturated carbocycles. The smallest absolute Gasteiger partial charge is 0.254 e. The predicted octanol–water partition coefficient (Wildman–Crippen LogP) is 3.07. The molecular weight excluding hydrogens is 346 g/mol. The number of rotatable bonds is 6. The quantitative estimate of drug-likeness (QED) is 0.592. The zero-order valence-electron chi connectivity index (χ0n) is 15.8. The summed E-state index contributed by atoms with van der Waals surface area (Å²) in [5.74, 6) is 2.77. The number of hydrogen-bond donors (Lipinski definition) is 2. The van der Waals surface area contributed by atoms with Crippen molar-refractivity contribution in [3.05, 3.63) is 21.6 Å². The molecule has 1 heterocycles. The Labute approximate surface area is 159 Å². The van der Waals surface area contributed by atoms with Gasteiger partial charge in [-0.2, -0.15) is 0 Å². The first kappa shape index (κ1) is 18.1. The second-order valence-corrected chi connectivity index (χ2v) is 9.63. The molecule has 0 aliphatic heterocycles. The van der Waals surface area contributed by atoms with Crippen molar-refractivity contribution in [1.82, 2.24) is 15.3 Å². The molecular formula is C20H29N3O2S. The Morgan fingerprint density at radius 1 is 1.23 bits per heavy atom. The molecule has 1 aromatic heterocycles. The van der Waals surface area contributed by atoms with Gasteiger partial charge in [0.15, 0.2) is 5.16 Å². The predicted molar refractivity (Wildman–Crippen MR) is 103 cm³/mol. The molecule has 1 aromatic rings. The zero-order valence-corrected chi connectivity index (χ0v) is 16.6. The molecule has 0 spiro atoms. The lowest BCUT2D eigenvalue weighted by molar-refractivity contribution is -0.123. The van der Waals surface area contributed by atoms with Gasteiger partial charge in [-0.1, -0.05) is 11.8 Å². The summed E-state index contributed by atoms with van der Waals surface area (Å²) in [7, 11) is 0. The molecule has 0 atom stereocenters. The lowest BCUT2D eigenvalue weighted by atomic mass is 9.49. The highest BCUT2D eigenvalue weighted by atomic mass is 32.2. The summed E-state index contributed by atoms with van der Waals surface area (Å²) >= 11 is 1.42. The maximum absolute atomic E-state index is 12.4. The second-order valence-electron chi connectivity index (χ2n) is 8.83. The number of aromatic amines is 1. The number of aryl methyl sites for hydroxylation is 1. The summed E-state index contributed by atoms with van der Waals surface area (Å²) in [5.41, 5.74) is 1.61. The second kappa shape index (κ2) is 7.02. The van der Waals surface area contributed by atoms with Gasteiger partial charge >= 0.3 is 0 Å². The molecule has 4 aliphatic rings. The fourth-order valence-electron chi connectivity index (χ4n) is 6.10. The van der Waals surface area contributed by atoms with E-state index in [1.54, 1.807) is 0 Å². The van der Waals surface area contributed by atoms with Crippen molar-refractivity contribution >= 4 is 17.7 Å². The minimum Gasteiger partial charge on any atom is -0.356 e. The van der Waals surface area contributed by atoms with Gasteiger partial charge in [0.25, 0.3) is 5.56 Å². The maximum atomic E-state index is 12.4. The Morgan fingerprint density at radius 2 is 1.85 bits per heavy atom. The number of carbonyl (C=O) groups excluding carboxylic acids is 1. The molecule has 4 bridgehead atoms. The third-order valence-corrected chi connectivity index (χ3v) is 7.40. The van der Waals surface area contributed by atoms with Gasteiger partial charge in [-0.25, -0.2) is 4.98 Å². The highest BCUT2D eigenvalue weighted by molar-refractivity contribution is 7.98. The van der Waals surface area contributed by atoms with Gasteiger partial charge in [0, 0.05) is 24.2 Å². The van der Waals surface area contributed by atoms with E-state index in [1.165, 1.54) is 50.3 Å². The summed E-state index contributed by atoms with van der Waals surface area (Å²) in [4.78, 5) is 31.7. The van der Waals surface area contributed by atoms with Gasteiger partial charge in [-0.05, 0) is 81.3 Å². The third kappa shape index (κ3) is 3.57. The van der Waals surface area contributed by atoms with Crippen LogP contribution in [0, 0.1) is 30.1 Å². The summed E-state index contributed by atoms with van der Waals surface area (Å²) in [6.45, 7) is 2.67. The molecule has 5 rings (SSSR count). The number of nitrogens with one attached hydrogen (secondary N) is 2. The summed E-state index contributed by atoms with van der Waals surface area (Å²) in [6, 6.07) is 0. The molecule has 4 fully saturated rings. The molecule has 0 unspecified atom stereocenters. The Kier molecular flexibility index (Phi) is 4.88. The topological polar surface area (TPSA) is 74.8 Å². The van der Waals surface area contributed by atoms with E-state index in [9.17, 15) is 9.59 Å². The molecule has 6 heteroatoms. The molecule has 0 radical (unpaired) electrons. The average molecular weight is 376 g/mol. The van der Waals surface area contributed by atoms with Crippen LogP contribution < -0.4 is 10.9 Å². The summed E-state index contributed by atoms with van der Waals surface area (Å²) in [5, 5.41) is 3.82. The first-order valence-corrected chi connectivity index (χ1v) is 11.1. The Balaban J connectivity index is 1.32. The first-order chi connectivity index (χ1) is 12.5. The largest absolute Gasteiger partial charge is 0.356 e. The van der Waals surface area contributed by atoms with Gasteiger partial charge in [0.1, 0.15) is 0 Å². The number of amides is 1. The van der Waals surface area contributed by atoms with Crippen LogP contribution >= 0.6 is 11.8 Å². The third-order valence-electron chi connectivity index (χ3n) is 6.82. The van der Waals surface area contributed by atoms with Crippen molar-refractivity contribution in [3.8, 4) is 0 Å². The molecule has 26 heavy (non-hydrogen) atoms. The minimum absolute atomic E-state index is 0.0634. The summed E-state index contributed by atoms with van der Waals surface area (Å²) < 4.78 is 0. The van der Waals surface area contributed by atoms with Gasteiger partial charge in [0.05, 0.1) is 0 Å². The van der Waals surface area contributed by atoms with Crippen molar-refractivity contribution in [3.63, 3.8) is 0 Å². The zero-order chi connectivity index (χ0) is 18.3. The van der Waals surface area contributed by atoms with Crippen molar-refractivity contribution in [2.45, 2.75) is 63.4 Å². The SMILES string of the molecule is CSc1nc(C)c(CCC(=O)NCC23CC4CC(CC(C4)C2)C3)c(=O)[nH]1. The normalized spacial score (nSPS) is 32.0. The van der Waals surface area contributed by atoms with Crippen molar-refractivity contribution < 1.29 is 4.79 Å². The highest BCUT2D eigenvalue weighted by Gasteiger charge is 2.50. The van der Waals surface area contributed by atoms with Crippen LogP contribution in [0.5, 0.6) is 0 Å². The average Bonchev–Trinajstić information content (AvgIpc) is 2.58. The first-order valence-electron chi connectivity index (χ1n) is 9.87. The van der Waals surface area contributed by atoms with Crippen molar-refractivity contribution in [1.29, 1.82) is 0 Å². The fourth-order valence-corrected chi connectivity index (χ4v) is 6.52. The lowest BCUT2D eigenvalue weighted by Gasteiger charge is -2.56. The Hall–Kier alpha value is -1.30. The van der Waals surface area contributed by atoms with Crippen LogP contribution in [0.1, 0.15) is 56.2 Å². The fraction of sp³-hybridized carbons (Fsp3) is 0.750. The molecule has 0 aromatic carbocycles. The standard InChI is InChI=1S/C20H29N3O2S/c1-12-16(18(25)23-19(22-12)26-2)3-4-17(24)21-11-20-8-13-5-14(9-20)7-15(6-13)10-20/h13-15H,3-11H2,1-2H3,(H,21,24)(H,22,23,25). The van der Waals surface area contributed by atoms with Crippen LogP contribution in [-0.4, -0.2) is 28.7 Å². The van der Waals surface area contributed by atoms with Gasteiger partial charge in [-0.3, -0.25) is 9.59 Å². The van der Waals surface area contributed by atoms with Crippen molar-refractivity contribution in [2.24, 2.45) is 23.2 Å². The van der Waals surface area contributed by atoms with Crippen LogP contribution in [0.15, 0.2) is 9.95 Å². The van der Waals surface area contributed by atoms with E-state index in [0.717, 1.165) is 30.0 Å². The van der Waals surface area contributed by atoms with E-state index in [-0.39, 0.29) is 11.5 Å².